The number of rotatable bonds is 4. The van der Waals surface area contributed by atoms with Crippen LogP contribution in [-0.2, 0) is 4.79 Å². The number of carbonyl (C=O) groups excluding carboxylic acids is 1. The Bertz CT molecular complexity index is 866. The van der Waals surface area contributed by atoms with Gasteiger partial charge in [0, 0.05) is 16.2 Å². The predicted molar refractivity (Wildman–Crippen MR) is 93.5 cm³/mol. The number of anilines is 1. The van der Waals surface area contributed by atoms with Crippen molar-refractivity contribution in [2.24, 2.45) is 0 Å². The molecule has 122 valence electrons. The zero-order valence-electron chi connectivity index (χ0n) is 12.5. The Morgan fingerprint density at radius 1 is 1.29 bits per heavy atom. The van der Waals surface area contributed by atoms with E-state index in [4.69, 9.17) is 11.6 Å². The molecule has 0 aliphatic carbocycles. The molecule has 2 aromatic heterocycles. The van der Waals surface area contributed by atoms with Crippen LogP contribution in [-0.4, -0.2) is 31.1 Å². The van der Waals surface area contributed by atoms with Gasteiger partial charge in [0.2, 0.25) is 5.82 Å². The Balaban J connectivity index is 1.75. The maximum atomic E-state index is 12.3. The summed E-state index contributed by atoms with van der Waals surface area (Å²) in [5.41, 5.74) is 1.25. The summed E-state index contributed by atoms with van der Waals surface area (Å²) in [5.74, 6) is 0.131. The first kappa shape index (κ1) is 16.5. The molecule has 0 saturated carbocycles. The molecule has 1 N–H and O–H groups in total. The van der Waals surface area contributed by atoms with E-state index < -0.39 is 6.04 Å². The lowest BCUT2D eigenvalue weighted by Crippen LogP contribution is -2.25. The molecule has 0 aliphatic rings. The Morgan fingerprint density at radius 3 is 2.75 bits per heavy atom. The van der Waals surface area contributed by atoms with Crippen LogP contribution in [0.4, 0.5) is 5.69 Å². The highest BCUT2D eigenvalue weighted by molar-refractivity contribution is 9.10. The standard InChI is InChI=1S/C15H12BrClN6O/c1-9(15(24)19-12-3-2-8-18-13(12)17)23-21-14(20-22-23)10-4-6-11(16)7-5-10/h2-9H,1H3,(H,19,24). The van der Waals surface area contributed by atoms with Crippen molar-refractivity contribution in [2.75, 3.05) is 5.32 Å². The lowest BCUT2D eigenvalue weighted by atomic mass is 10.2. The number of pyridine rings is 1. The lowest BCUT2D eigenvalue weighted by molar-refractivity contribution is -0.119. The van der Waals surface area contributed by atoms with E-state index in [2.05, 4.69) is 41.6 Å². The molecule has 24 heavy (non-hydrogen) atoms. The lowest BCUT2D eigenvalue weighted by Gasteiger charge is -2.11. The maximum absolute atomic E-state index is 12.3. The first-order chi connectivity index (χ1) is 11.5. The van der Waals surface area contributed by atoms with Crippen molar-refractivity contribution in [3.63, 3.8) is 0 Å². The number of halogens is 2. The summed E-state index contributed by atoms with van der Waals surface area (Å²) >= 11 is 9.31. The van der Waals surface area contributed by atoms with E-state index in [0.717, 1.165) is 10.0 Å². The summed E-state index contributed by atoms with van der Waals surface area (Å²) in [5, 5.41) is 15.1. The van der Waals surface area contributed by atoms with Gasteiger partial charge >= 0.3 is 0 Å². The fourth-order valence-corrected chi connectivity index (χ4v) is 2.36. The molecule has 0 fully saturated rings. The summed E-state index contributed by atoms with van der Waals surface area (Å²) in [4.78, 5) is 17.5. The molecule has 0 bridgehead atoms. The molecule has 1 atom stereocenters. The quantitative estimate of drug-likeness (QED) is 0.670. The third-order valence-corrected chi connectivity index (χ3v) is 4.10. The van der Waals surface area contributed by atoms with E-state index in [1.165, 1.54) is 4.80 Å². The number of aromatic nitrogens is 5. The van der Waals surface area contributed by atoms with Gasteiger partial charge in [0.1, 0.15) is 6.04 Å². The van der Waals surface area contributed by atoms with Gasteiger partial charge in [0.05, 0.1) is 5.69 Å². The second-order valence-corrected chi connectivity index (χ2v) is 6.22. The summed E-state index contributed by atoms with van der Waals surface area (Å²) < 4.78 is 0.958. The SMILES string of the molecule is CC(C(=O)Nc1cccnc1Cl)n1nnc(-c2ccc(Br)cc2)n1. The van der Waals surface area contributed by atoms with Crippen LogP contribution in [0.3, 0.4) is 0 Å². The van der Waals surface area contributed by atoms with E-state index >= 15 is 0 Å². The molecule has 0 radical (unpaired) electrons. The molecule has 0 aliphatic heterocycles. The molecule has 3 aromatic rings. The number of hydrogen-bond donors (Lipinski definition) is 1. The number of carbonyl (C=O) groups is 1. The number of nitrogens with one attached hydrogen (secondary N) is 1. The van der Waals surface area contributed by atoms with Crippen LogP contribution in [0.2, 0.25) is 5.15 Å². The molecule has 9 heteroatoms. The second kappa shape index (κ2) is 7.06. The summed E-state index contributed by atoms with van der Waals surface area (Å²) in [6, 6.07) is 10.2. The molecule has 0 saturated heterocycles. The average molecular weight is 408 g/mol. The zero-order valence-corrected chi connectivity index (χ0v) is 14.9. The third-order valence-electron chi connectivity index (χ3n) is 3.27. The van der Waals surface area contributed by atoms with Crippen molar-refractivity contribution in [3.8, 4) is 11.4 Å². The van der Waals surface area contributed by atoms with Crippen LogP contribution in [0.15, 0.2) is 47.1 Å². The minimum Gasteiger partial charge on any atom is -0.322 e. The fraction of sp³-hybridized carbons (Fsp3) is 0.133. The van der Waals surface area contributed by atoms with Gasteiger partial charge < -0.3 is 5.32 Å². The molecule has 1 aromatic carbocycles. The second-order valence-electron chi connectivity index (χ2n) is 4.95. The van der Waals surface area contributed by atoms with E-state index in [0.29, 0.717) is 11.5 Å². The highest BCUT2D eigenvalue weighted by Gasteiger charge is 2.19. The first-order valence-electron chi connectivity index (χ1n) is 7.01. The molecular weight excluding hydrogens is 396 g/mol. The van der Waals surface area contributed by atoms with Crippen LogP contribution in [0.1, 0.15) is 13.0 Å². The largest absolute Gasteiger partial charge is 0.322 e. The molecule has 1 amide bonds. The maximum Gasteiger partial charge on any atom is 0.250 e. The van der Waals surface area contributed by atoms with Gasteiger partial charge in [-0.3, -0.25) is 4.79 Å². The minimum atomic E-state index is -0.655. The molecule has 0 spiro atoms. The van der Waals surface area contributed by atoms with Gasteiger partial charge in [-0.25, -0.2) is 4.98 Å². The number of hydrogen-bond acceptors (Lipinski definition) is 5. The van der Waals surface area contributed by atoms with Crippen LogP contribution in [0, 0.1) is 0 Å². The highest BCUT2D eigenvalue weighted by Crippen LogP contribution is 2.20. The van der Waals surface area contributed by atoms with Gasteiger partial charge in [-0.2, -0.15) is 4.80 Å². The third kappa shape index (κ3) is 3.60. The van der Waals surface area contributed by atoms with Gasteiger partial charge in [0.15, 0.2) is 5.15 Å². The van der Waals surface area contributed by atoms with Crippen molar-refractivity contribution in [1.82, 2.24) is 25.2 Å². The number of amides is 1. The predicted octanol–water partition coefficient (Wildman–Crippen LogP) is 3.35. The van der Waals surface area contributed by atoms with E-state index in [1.54, 1.807) is 25.3 Å². The van der Waals surface area contributed by atoms with Crippen LogP contribution in [0.5, 0.6) is 0 Å². The molecule has 2 heterocycles. The minimum absolute atomic E-state index is 0.222. The summed E-state index contributed by atoms with van der Waals surface area (Å²) in [6.45, 7) is 1.67. The van der Waals surface area contributed by atoms with E-state index in [1.807, 2.05) is 24.3 Å². The molecule has 3 rings (SSSR count). The number of nitrogens with zero attached hydrogens (tertiary/aromatic N) is 5. The van der Waals surface area contributed by atoms with Gasteiger partial charge in [-0.15, -0.1) is 10.2 Å². The number of tetrazole rings is 1. The van der Waals surface area contributed by atoms with E-state index in [9.17, 15) is 4.79 Å². The average Bonchev–Trinajstić information content (AvgIpc) is 3.07. The van der Waals surface area contributed by atoms with Crippen molar-refractivity contribution >= 4 is 39.1 Å². The van der Waals surface area contributed by atoms with Crippen molar-refractivity contribution < 1.29 is 4.79 Å². The topological polar surface area (TPSA) is 85.6 Å². The van der Waals surface area contributed by atoms with Gasteiger partial charge in [-0.1, -0.05) is 27.5 Å². The monoisotopic (exact) mass is 406 g/mol. The smallest absolute Gasteiger partial charge is 0.250 e. The Hall–Kier alpha value is -2.32. The summed E-state index contributed by atoms with van der Waals surface area (Å²) in [6.07, 6.45) is 1.55. The fourth-order valence-electron chi connectivity index (χ4n) is 1.93. The molecule has 1 unspecified atom stereocenters. The summed E-state index contributed by atoms with van der Waals surface area (Å²) in [7, 11) is 0. The van der Waals surface area contributed by atoms with Crippen molar-refractivity contribution in [3.05, 3.63) is 52.2 Å². The Morgan fingerprint density at radius 2 is 2.04 bits per heavy atom. The van der Waals surface area contributed by atoms with Crippen molar-refractivity contribution in [1.29, 1.82) is 0 Å². The van der Waals surface area contributed by atoms with Crippen LogP contribution >= 0.6 is 27.5 Å². The van der Waals surface area contributed by atoms with E-state index in [-0.39, 0.29) is 11.1 Å². The Kier molecular flexibility index (Phi) is 4.86. The molecule has 7 nitrogen and oxygen atoms in total. The molecular formula is C15H12BrClN6O. The van der Waals surface area contributed by atoms with Gasteiger partial charge in [-0.05, 0) is 48.5 Å². The Labute approximate surface area is 151 Å². The van der Waals surface area contributed by atoms with Crippen LogP contribution < -0.4 is 5.32 Å². The normalized spacial score (nSPS) is 12.0. The van der Waals surface area contributed by atoms with Crippen LogP contribution in [0.25, 0.3) is 11.4 Å². The zero-order chi connectivity index (χ0) is 17.1. The van der Waals surface area contributed by atoms with Crippen molar-refractivity contribution in [2.45, 2.75) is 13.0 Å². The highest BCUT2D eigenvalue weighted by atomic mass is 79.9. The van der Waals surface area contributed by atoms with Gasteiger partial charge in [0.25, 0.3) is 5.91 Å². The number of benzene rings is 1. The first-order valence-corrected chi connectivity index (χ1v) is 8.18.